The average molecular weight is 837 g/mol. The molecule has 0 bridgehead atoms. The van der Waals surface area contributed by atoms with Crippen LogP contribution in [-0.2, 0) is 35.4 Å². The summed E-state index contributed by atoms with van der Waals surface area (Å²) in [5, 5.41) is 58.2. The highest BCUT2D eigenvalue weighted by Gasteiger charge is 2.18. The van der Waals surface area contributed by atoms with Crippen LogP contribution in [0.2, 0.25) is 0 Å². The molecule has 6 aromatic carbocycles. The third-order valence-electron chi connectivity index (χ3n) is 8.22. The van der Waals surface area contributed by atoms with E-state index >= 15 is 0 Å². The van der Waals surface area contributed by atoms with Crippen molar-refractivity contribution in [1.29, 1.82) is 0 Å². The van der Waals surface area contributed by atoms with E-state index < -0.39 is 15.0 Å². The summed E-state index contributed by atoms with van der Waals surface area (Å²) in [4.78, 5) is 0.215. The molecule has 0 heterocycles. The number of benzene rings is 6. The fourth-order valence-corrected chi connectivity index (χ4v) is 7.33. The summed E-state index contributed by atoms with van der Waals surface area (Å²) in [5.41, 5.74) is 9.09. The molecular formula is C36H32N6O12S3. The number of aromatic hydroxyl groups is 1. The van der Waals surface area contributed by atoms with Crippen LogP contribution in [0.4, 0.5) is 28.4 Å². The SMILES string of the molecule is COc1cc(N=Nc2ccc3cc(SOOO)cc(S(=O)(=O)O)c3c2)c(C)cc1N=NCc1c(SOOO)cc2cc(NCOc3ccc(N)cc3)ccc2c1O. The molecule has 6 aromatic rings. The van der Waals surface area contributed by atoms with Gasteiger partial charge in [-0.25, -0.2) is 10.5 Å². The Hall–Kier alpha value is -5.59. The fraction of sp³-hybridized carbons (Fsp3) is 0.111. The first-order valence-electron chi connectivity index (χ1n) is 16.3. The number of ether oxygens (including phenoxy) is 2. The number of nitrogens with two attached hydrogens (primary N) is 1. The Balaban J connectivity index is 1.21. The Morgan fingerprint density at radius 2 is 1.58 bits per heavy atom. The lowest BCUT2D eigenvalue weighted by molar-refractivity contribution is -0.432. The van der Waals surface area contributed by atoms with Crippen molar-refractivity contribution in [3.63, 3.8) is 0 Å². The summed E-state index contributed by atoms with van der Waals surface area (Å²) in [5.74, 6) is 0.862. The summed E-state index contributed by atoms with van der Waals surface area (Å²) in [7, 11) is -3.22. The molecule has 0 atom stereocenters. The first kappa shape index (κ1) is 41.1. The van der Waals surface area contributed by atoms with Crippen molar-refractivity contribution in [2.75, 3.05) is 24.9 Å². The predicted octanol–water partition coefficient (Wildman–Crippen LogP) is 9.85. The molecule has 57 heavy (non-hydrogen) atoms. The zero-order valence-corrected chi connectivity index (χ0v) is 32.2. The Labute approximate surface area is 332 Å². The van der Waals surface area contributed by atoms with E-state index in [9.17, 15) is 18.1 Å². The van der Waals surface area contributed by atoms with Gasteiger partial charge in [0, 0.05) is 43.6 Å². The van der Waals surface area contributed by atoms with Gasteiger partial charge in [-0.2, -0.15) is 28.9 Å². The molecule has 0 saturated heterocycles. The molecule has 0 saturated carbocycles. The van der Waals surface area contributed by atoms with E-state index in [1.54, 1.807) is 79.7 Å². The molecule has 18 nitrogen and oxygen atoms in total. The number of fused-ring (bicyclic) bond motifs is 2. The number of rotatable bonds is 17. The normalized spacial score (nSPS) is 11.9. The molecule has 0 aliphatic heterocycles. The first-order valence-corrected chi connectivity index (χ1v) is 19.2. The lowest BCUT2D eigenvalue weighted by Gasteiger charge is -2.14. The van der Waals surface area contributed by atoms with Gasteiger partial charge in [-0.05, 0) is 102 Å². The van der Waals surface area contributed by atoms with Crippen LogP contribution in [0.5, 0.6) is 17.2 Å². The third-order valence-corrected chi connectivity index (χ3v) is 10.3. The van der Waals surface area contributed by atoms with Crippen molar-refractivity contribution in [3.8, 4) is 17.2 Å². The van der Waals surface area contributed by atoms with E-state index in [4.69, 9.17) is 30.1 Å². The van der Waals surface area contributed by atoms with Gasteiger partial charge >= 0.3 is 0 Å². The quantitative estimate of drug-likeness (QED) is 0.00949. The molecule has 0 aromatic heterocycles. The van der Waals surface area contributed by atoms with Gasteiger partial charge in [0.05, 0.1) is 49.1 Å². The second-order valence-electron chi connectivity index (χ2n) is 11.8. The number of phenolic OH excluding ortho intramolecular Hbond substituents is 1. The van der Waals surface area contributed by atoms with Crippen molar-refractivity contribution in [2.45, 2.75) is 28.2 Å². The van der Waals surface area contributed by atoms with Crippen LogP contribution in [0.15, 0.2) is 126 Å². The highest BCUT2D eigenvalue weighted by atomic mass is 32.2. The van der Waals surface area contributed by atoms with Crippen LogP contribution in [-0.4, -0.2) is 42.4 Å². The second-order valence-corrected chi connectivity index (χ2v) is 14.7. The maximum absolute atomic E-state index is 12.2. The van der Waals surface area contributed by atoms with Crippen molar-refractivity contribution < 1.29 is 56.8 Å². The average Bonchev–Trinajstić information content (AvgIpc) is 3.19. The summed E-state index contributed by atoms with van der Waals surface area (Å²) >= 11 is 1.21. The van der Waals surface area contributed by atoms with E-state index in [1.165, 1.54) is 13.2 Å². The topological polar surface area (TPSA) is 258 Å². The van der Waals surface area contributed by atoms with Crippen molar-refractivity contribution in [1.82, 2.24) is 0 Å². The number of nitrogens with zero attached hydrogens (tertiary/aromatic N) is 4. The predicted molar refractivity (Wildman–Crippen MR) is 211 cm³/mol. The molecule has 296 valence electrons. The third kappa shape index (κ3) is 10.2. The molecule has 0 fully saturated rings. The number of azo groups is 2. The highest BCUT2D eigenvalue weighted by Crippen LogP contribution is 2.41. The minimum atomic E-state index is -4.66. The van der Waals surface area contributed by atoms with Crippen LogP contribution >= 0.6 is 24.1 Å². The molecule has 0 radical (unpaired) electrons. The molecule has 6 rings (SSSR count). The summed E-state index contributed by atoms with van der Waals surface area (Å²) in [6, 6.07) is 24.7. The molecule has 7 N–H and O–H groups in total. The number of nitrogens with one attached hydrogen (secondary N) is 1. The second kappa shape index (κ2) is 18.6. The molecule has 0 unspecified atom stereocenters. The Morgan fingerprint density at radius 3 is 2.32 bits per heavy atom. The van der Waals surface area contributed by atoms with Gasteiger partial charge in [-0.15, -0.1) is 8.67 Å². The van der Waals surface area contributed by atoms with E-state index in [1.807, 2.05) is 6.07 Å². The van der Waals surface area contributed by atoms with Gasteiger partial charge in [0.1, 0.15) is 27.8 Å². The number of aryl methyl sites for hydroxylation is 1. The Morgan fingerprint density at radius 1 is 0.807 bits per heavy atom. The van der Waals surface area contributed by atoms with Crippen molar-refractivity contribution in [2.24, 2.45) is 20.5 Å². The number of hydrogen-bond donors (Lipinski definition) is 6. The number of methoxy groups -OCH3 is 1. The lowest BCUT2D eigenvalue weighted by atomic mass is 10.0. The monoisotopic (exact) mass is 836 g/mol. The molecule has 0 aliphatic carbocycles. The summed E-state index contributed by atoms with van der Waals surface area (Å²) < 4.78 is 54.6. The van der Waals surface area contributed by atoms with Crippen molar-refractivity contribution >= 4 is 84.2 Å². The Kier molecular flexibility index (Phi) is 13.4. The maximum Gasteiger partial charge on any atom is 0.295 e. The van der Waals surface area contributed by atoms with Crippen LogP contribution in [0.3, 0.4) is 0 Å². The Bertz CT molecular complexity index is 2580. The summed E-state index contributed by atoms with van der Waals surface area (Å²) in [6.07, 6.45) is 0. The van der Waals surface area contributed by atoms with Crippen LogP contribution in [0, 0.1) is 6.92 Å². The highest BCUT2D eigenvalue weighted by molar-refractivity contribution is 7.94. The van der Waals surface area contributed by atoms with E-state index in [-0.39, 0.29) is 35.0 Å². The zero-order chi connectivity index (χ0) is 40.5. The lowest BCUT2D eigenvalue weighted by Crippen LogP contribution is -2.08. The van der Waals surface area contributed by atoms with Crippen molar-refractivity contribution in [3.05, 3.63) is 102 Å². The van der Waals surface area contributed by atoms with E-state index in [2.05, 4.69) is 40.2 Å². The van der Waals surface area contributed by atoms with E-state index in [0.29, 0.717) is 90.5 Å². The van der Waals surface area contributed by atoms with Gasteiger partial charge in [0.2, 0.25) is 0 Å². The molecule has 0 aliphatic rings. The van der Waals surface area contributed by atoms with Gasteiger partial charge in [0.15, 0.2) is 6.73 Å². The molecule has 0 spiro atoms. The number of anilines is 2. The van der Waals surface area contributed by atoms with E-state index in [0.717, 1.165) is 6.07 Å². The molecule has 0 amide bonds. The number of nitrogen functional groups attached to an aromatic ring is 1. The smallest absolute Gasteiger partial charge is 0.295 e. The molecular weight excluding hydrogens is 805 g/mol. The van der Waals surface area contributed by atoms with Crippen LogP contribution in [0.25, 0.3) is 21.5 Å². The van der Waals surface area contributed by atoms with Gasteiger partial charge in [-0.3, -0.25) is 4.55 Å². The van der Waals surface area contributed by atoms with Gasteiger partial charge in [0.25, 0.3) is 10.1 Å². The number of hydrogen-bond acceptors (Lipinski definition) is 19. The van der Waals surface area contributed by atoms with Crippen LogP contribution in [0.1, 0.15) is 11.1 Å². The number of phenols is 1. The molecule has 21 heteroatoms. The minimum absolute atomic E-state index is 0.0823. The largest absolute Gasteiger partial charge is 0.507 e. The maximum atomic E-state index is 12.2. The standard InChI is InChI=1S/C36H32N6O12S3/c1-20-11-32(33(49-2)17-31(20)42-40-25-6-3-21-13-27(55-53-51-44)16-35(29(21)15-25)57(46,47)48)41-39-18-30-34(56-54-52-45)14-22-12-24(7-10-28(22)36(30)43)38-19-50-26-8-4-23(37)5-9-26/h3-17,38,43-45H,18-19,37H2,1-2H3,(H,46,47,48). The minimum Gasteiger partial charge on any atom is -0.507 e. The summed E-state index contributed by atoms with van der Waals surface area (Å²) in [6.45, 7) is 1.83. The van der Waals surface area contributed by atoms with Crippen LogP contribution < -0.4 is 20.5 Å². The van der Waals surface area contributed by atoms with Gasteiger partial charge < -0.3 is 25.6 Å². The van der Waals surface area contributed by atoms with Gasteiger partial charge in [-0.1, -0.05) is 16.1 Å². The first-order chi connectivity index (χ1) is 27.5. The zero-order valence-electron chi connectivity index (χ0n) is 29.7. The fourth-order valence-electron chi connectivity index (χ4n) is 5.53.